The summed E-state index contributed by atoms with van der Waals surface area (Å²) in [7, 11) is 1.61. The van der Waals surface area contributed by atoms with Crippen LogP contribution in [0.2, 0.25) is 0 Å². The van der Waals surface area contributed by atoms with E-state index < -0.39 is 0 Å². The fraction of sp³-hybridized carbons (Fsp3) is 0.192. The van der Waals surface area contributed by atoms with Crippen LogP contribution in [0.15, 0.2) is 67.0 Å². The maximum absolute atomic E-state index is 12.8. The number of methoxy groups -OCH3 is 1. The van der Waals surface area contributed by atoms with Crippen LogP contribution in [0.5, 0.6) is 17.2 Å². The molecule has 3 aromatic carbocycles. The number of amides is 1. The molecular weight excluding hydrogens is 432 g/mol. The molecule has 0 unspecified atom stereocenters. The van der Waals surface area contributed by atoms with Gasteiger partial charge in [-0.3, -0.25) is 4.79 Å². The third kappa shape index (κ3) is 5.01. The fourth-order valence-electron chi connectivity index (χ4n) is 3.48. The highest BCUT2D eigenvalue weighted by atomic mass is 16.5. The number of ether oxygens (including phenoxy) is 3. The highest BCUT2D eigenvalue weighted by molar-refractivity contribution is 6.05. The van der Waals surface area contributed by atoms with Gasteiger partial charge in [-0.05, 0) is 44.2 Å². The van der Waals surface area contributed by atoms with Crippen molar-refractivity contribution in [2.45, 2.75) is 13.8 Å². The lowest BCUT2D eigenvalue weighted by Crippen LogP contribution is -2.13. The zero-order valence-electron chi connectivity index (χ0n) is 19.3. The smallest absolute Gasteiger partial charge is 0.255 e. The number of hydrogen-bond donors (Lipinski definition) is 2. The molecule has 8 heteroatoms. The summed E-state index contributed by atoms with van der Waals surface area (Å²) >= 11 is 0. The van der Waals surface area contributed by atoms with Crippen LogP contribution in [0.4, 0.5) is 17.2 Å². The molecular formula is C26H26N4O4. The standard InChI is InChI=1S/C26H26N4O4/c1-4-33-23-15-22(30-26(31)17-9-7-6-8-10-17)24(34-5-2)14-21(23)29-25-19-13-18(32-3)11-12-20(19)27-16-28-25/h6-16H,4-5H2,1-3H3,(H,30,31)(H,27,28,29). The second-order valence-electron chi connectivity index (χ2n) is 7.26. The summed E-state index contributed by atoms with van der Waals surface area (Å²) in [5, 5.41) is 7.07. The minimum Gasteiger partial charge on any atom is -0.497 e. The van der Waals surface area contributed by atoms with Gasteiger partial charge in [-0.25, -0.2) is 9.97 Å². The maximum atomic E-state index is 12.8. The van der Waals surface area contributed by atoms with Gasteiger partial charge < -0.3 is 24.8 Å². The minimum atomic E-state index is -0.237. The zero-order valence-corrected chi connectivity index (χ0v) is 19.3. The van der Waals surface area contributed by atoms with E-state index in [0.717, 1.165) is 10.9 Å². The van der Waals surface area contributed by atoms with Gasteiger partial charge in [-0.2, -0.15) is 0 Å². The third-order valence-corrected chi connectivity index (χ3v) is 5.06. The molecule has 34 heavy (non-hydrogen) atoms. The quantitative estimate of drug-likeness (QED) is 0.345. The first kappa shape index (κ1) is 22.8. The van der Waals surface area contributed by atoms with E-state index in [4.69, 9.17) is 14.2 Å². The number of benzene rings is 3. The van der Waals surface area contributed by atoms with Crippen LogP contribution >= 0.6 is 0 Å². The van der Waals surface area contributed by atoms with E-state index in [1.54, 1.807) is 31.4 Å². The van der Waals surface area contributed by atoms with Gasteiger partial charge in [-0.1, -0.05) is 18.2 Å². The summed E-state index contributed by atoms with van der Waals surface area (Å²) in [6, 6.07) is 18.1. The maximum Gasteiger partial charge on any atom is 0.255 e. The number of rotatable bonds is 9. The molecule has 0 saturated heterocycles. The number of anilines is 3. The number of aromatic nitrogens is 2. The summed E-state index contributed by atoms with van der Waals surface area (Å²) in [4.78, 5) is 21.5. The number of fused-ring (bicyclic) bond motifs is 1. The van der Waals surface area contributed by atoms with Crippen molar-refractivity contribution in [3.05, 3.63) is 72.6 Å². The predicted octanol–water partition coefficient (Wildman–Crippen LogP) is 5.43. The first-order valence-corrected chi connectivity index (χ1v) is 11.0. The summed E-state index contributed by atoms with van der Waals surface area (Å²) in [5.41, 5.74) is 2.48. The lowest BCUT2D eigenvalue weighted by Gasteiger charge is -2.18. The van der Waals surface area contributed by atoms with Gasteiger partial charge in [0.15, 0.2) is 0 Å². The Labute approximate surface area is 197 Å². The molecule has 1 aromatic heterocycles. The van der Waals surface area contributed by atoms with Gasteiger partial charge in [0, 0.05) is 23.1 Å². The topological polar surface area (TPSA) is 94.6 Å². The first-order valence-electron chi connectivity index (χ1n) is 11.0. The molecule has 0 aliphatic carbocycles. The van der Waals surface area contributed by atoms with E-state index in [2.05, 4.69) is 20.6 Å². The molecule has 0 aliphatic rings. The molecule has 0 atom stereocenters. The van der Waals surface area contributed by atoms with Crippen LogP contribution in [0, 0.1) is 0 Å². The van der Waals surface area contributed by atoms with Crippen LogP contribution in [0.25, 0.3) is 10.9 Å². The number of hydrogen-bond acceptors (Lipinski definition) is 7. The zero-order chi connectivity index (χ0) is 23.9. The first-order chi connectivity index (χ1) is 16.6. The summed E-state index contributed by atoms with van der Waals surface area (Å²) in [6.45, 7) is 4.65. The van der Waals surface area contributed by atoms with Crippen LogP contribution in [0.3, 0.4) is 0 Å². The Kier molecular flexibility index (Phi) is 7.07. The van der Waals surface area contributed by atoms with E-state index in [9.17, 15) is 4.79 Å². The average molecular weight is 459 g/mol. The Morgan fingerprint density at radius 2 is 1.59 bits per heavy atom. The van der Waals surface area contributed by atoms with Crippen molar-refractivity contribution in [3.63, 3.8) is 0 Å². The predicted molar refractivity (Wildman–Crippen MR) is 133 cm³/mol. The van der Waals surface area contributed by atoms with Gasteiger partial charge in [-0.15, -0.1) is 0 Å². The van der Waals surface area contributed by atoms with Crippen molar-refractivity contribution < 1.29 is 19.0 Å². The van der Waals surface area contributed by atoms with Crippen LogP contribution < -0.4 is 24.8 Å². The van der Waals surface area contributed by atoms with Crippen molar-refractivity contribution in [2.75, 3.05) is 31.0 Å². The number of nitrogens with zero attached hydrogens (tertiary/aromatic N) is 2. The van der Waals surface area contributed by atoms with Gasteiger partial charge in [0.05, 0.1) is 37.2 Å². The molecule has 0 spiro atoms. The highest BCUT2D eigenvalue weighted by Crippen LogP contribution is 2.39. The Morgan fingerprint density at radius 3 is 2.29 bits per heavy atom. The van der Waals surface area contributed by atoms with Gasteiger partial charge in [0.25, 0.3) is 5.91 Å². The fourth-order valence-corrected chi connectivity index (χ4v) is 3.48. The molecule has 174 valence electrons. The molecule has 4 rings (SSSR count). The molecule has 8 nitrogen and oxygen atoms in total. The molecule has 0 radical (unpaired) electrons. The lowest BCUT2D eigenvalue weighted by atomic mass is 10.1. The summed E-state index contributed by atoms with van der Waals surface area (Å²) in [5.74, 6) is 2.11. The monoisotopic (exact) mass is 458 g/mol. The molecule has 1 amide bonds. The van der Waals surface area contributed by atoms with E-state index >= 15 is 0 Å². The number of carbonyl (C=O) groups is 1. The third-order valence-electron chi connectivity index (χ3n) is 5.06. The summed E-state index contributed by atoms with van der Waals surface area (Å²) in [6.07, 6.45) is 1.50. The molecule has 4 aromatic rings. The van der Waals surface area contributed by atoms with Gasteiger partial charge in [0.2, 0.25) is 0 Å². The second-order valence-corrected chi connectivity index (χ2v) is 7.26. The van der Waals surface area contributed by atoms with E-state index in [-0.39, 0.29) is 5.91 Å². The normalized spacial score (nSPS) is 10.6. The van der Waals surface area contributed by atoms with Crippen molar-refractivity contribution in [1.82, 2.24) is 9.97 Å². The Balaban J connectivity index is 1.73. The molecule has 0 bridgehead atoms. The van der Waals surface area contributed by atoms with E-state index in [1.807, 2.05) is 50.2 Å². The molecule has 0 fully saturated rings. The molecule has 2 N–H and O–H groups in total. The van der Waals surface area contributed by atoms with Crippen molar-refractivity contribution in [3.8, 4) is 17.2 Å². The Bertz CT molecular complexity index is 1290. The van der Waals surface area contributed by atoms with E-state index in [0.29, 0.717) is 53.2 Å². The second kappa shape index (κ2) is 10.5. The van der Waals surface area contributed by atoms with E-state index in [1.165, 1.54) is 6.33 Å². The number of carbonyl (C=O) groups excluding carboxylic acids is 1. The summed E-state index contributed by atoms with van der Waals surface area (Å²) < 4.78 is 17.1. The SMILES string of the molecule is CCOc1cc(Nc2ncnc3ccc(OC)cc23)c(OCC)cc1NC(=O)c1ccccc1. The molecule has 0 aliphatic heterocycles. The van der Waals surface area contributed by atoms with Gasteiger partial charge >= 0.3 is 0 Å². The minimum absolute atomic E-state index is 0.237. The lowest BCUT2D eigenvalue weighted by molar-refractivity contribution is 0.102. The number of nitrogens with one attached hydrogen (secondary N) is 2. The van der Waals surface area contributed by atoms with Crippen molar-refractivity contribution >= 4 is 34.0 Å². The van der Waals surface area contributed by atoms with Crippen LogP contribution in [-0.2, 0) is 0 Å². The van der Waals surface area contributed by atoms with Crippen LogP contribution in [0.1, 0.15) is 24.2 Å². The van der Waals surface area contributed by atoms with Crippen molar-refractivity contribution in [2.24, 2.45) is 0 Å². The highest BCUT2D eigenvalue weighted by Gasteiger charge is 2.17. The average Bonchev–Trinajstić information content (AvgIpc) is 2.87. The Hall–Kier alpha value is -4.33. The molecule has 0 saturated carbocycles. The van der Waals surface area contributed by atoms with Crippen LogP contribution in [-0.4, -0.2) is 36.2 Å². The van der Waals surface area contributed by atoms with Gasteiger partial charge in [0.1, 0.15) is 29.4 Å². The largest absolute Gasteiger partial charge is 0.497 e. The van der Waals surface area contributed by atoms with Crippen molar-refractivity contribution in [1.29, 1.82) is 0 Å². The Morgan fingerprint density at radius 1 is 0.882 bits per heavy atom. The molecule has 1 heterocycles.